The van der Waals surface area contributed by atoms with Crippen molar-refractivity contribution in [2.75, 3.05) is 18.0 Å². The smallest absolute Gasteiger partial charge is 0.206 e. The Hall–Kier alpha value is -4.33. The van der Waals surface area contributed by atoms with E-state index in [9.17, 15) is 5.11 Å². The van der Waals surface area contributed by atoms with Crippen LogP contribution < -0.4 is 4.90 Å². The number of anilines is 1. The zero-order valence-corrected chi connectivity index (χ0v) is 19.1. The van der Waals surface area contributed by atoms with Gasteiger partial charge < -0.3 is 10.0 Å². The summed E-state index contributed by atoms with van der Waals surface area (Å²) in [6.07, 6.45) is 6.18. The lowest BCUT2D eigenvalue weighted by Gasteiger charge is -2.37. The molecular formula is C27H23N7O. The van der Waals surface area contributed by atoms with Crippen LogP contribution in [0.25, 0.3) is 11.5 Å². The molecule has 3 aliphatic rings. The van der Waals surface area contributed by atoms with Crippen molar-refractivity contribution in [2.24, 2.45) is 10.1 Å². The first-order valence-electron chi connectivity index (χ1n) is 12.0. The van der Waals surface area contributed by atoms with Crippen molar-refractivity contribution in [3.63, 3.8) is 0 Å². The molecule has 0 saturated carbocycles. The number of fused-ring (bicyclic) bond motifs is 1. The number of nitrogens with zero attached hydrogens (tertiary/aromatic N) is 7. The summed E-state index contributed by atoms with van der Waals surface area (Å²) in [5.74, 6) is 1.22. The van der Waals surface area contributed by atoms with Crippen LogP contribution in [0.1, 0.15) is 35.4 Å². The van der Waals surface area contributed by atoms with Gasteiger partial charge in [0.05, 0.1) is 5.69 Å². The highest BCUT2D eigenvalue weighted by atomic mass is 16.3. The van der Waals surface area contributed by atoms with Crippen LogP contribution >= 0.6 is 0 Å². The van der Waals surface area contributed by atoms with E-state index < -0.39 is 0 Å². The average Bonchev–Trinajstić information content (AvgIpc) is 3.45. The molecule has 0 unspecified atom stereocenters. The number of rotatable bonds is 3. The van der Waals surface area contributed by atoms with E-state index in [0.717, 1.165) is 31.6 Å². The van der Waals surface area contributed by atoms with E-state index in [0.29, 0.717) is 34.3 Å². The lowest BCUT2D eigenvalue weighted by atomic mass is 9.91. The van der Waals surface area contributed by atoms with E-state index in [2.05, 4.69) is 32.2 Å². The van der Waals surface area contributed by atoms with Crippen LogP contribution in [-0.4, -0.2) is 49.5 Å². The number of hydrogen-bond acceptors (Lipinski definition) is 7. The number of aryl methyl sites for hydroxylation is 2. The third kappa shape index (κ3) is 3.24. The maximum Gasteiger partial charge on any atom is 0.206 e. The van der Waals surface area contributed by atoms with Gasteiger partial charge >= 0.3 is 0 Å². The summed E-state index contributed by atoms with van der Waals surface area (Å²) in [6, 6.07) is 17.2. The lowest BCUT2D eigenvalue weighted by Crippen LogP contribution is -2.34. The monoisotopic (exact) mass is 461 g/mol. The molecule has 0 saturated heterocycles. The maximum atomic E-state index is 10.6. The lowest BCUT2D eigenvalue weighted by molar-refractivity contribution is 0.474. The van der Waals surface area contributed by atoms with Crippen molar-refractivity contribution in [2.45, 2.75) is 25.7 Å². The Balaban J connectivity index is 1.41. The molecule has 5 heterocycles. The fourth-order valence-electron chi connectivity index (χ4n) is 5.37. The van der Waals surface area contributed by atoms with Crippen LogP contribution in [0.4, 0.5) is 11.4 Å². The minimum Gasteiger partial charge on any atom is -0.507 e. The topological polar surface area (TPSA) is 91.8 Å². The van der Waals surface area contributed by atoms with Crippen LogP contribution in [0.3, 0.4) is 0 Å². The molecule has 3 aliphatic heterocycles. The largest absolute Gasteiger partial charge is 0.507 e. The molecule has 7 rings (SSSR count). The number of aromatic nitrogens is 4. The van der Waals surface area contributed by atoms with E-state index >= 15 is 0 Å². The van der Waals surface area contributed by atoms with Gasteiger partial charge in [0.25, 0.3) is 0 Å². The predicted molar refractivity (Wildman–Crippen MR) is 135 cm³/mol. The molecule has 0 atom stereocenters. The first-order valence-corrected chi connectivity index (χ1v) is 12.0. The summed E-state index contributed by atoms with van der Waals surface area (Å²) in [5.41, 5.74) is 7.46. The van der Waals surface area contributed by atoms with Crippen molar-refractivity contribution in [1.82, 2.24) is 19.9 Å². The Bertz CT molecular complexity index is 1490. The van der Waals surface area contributed by atoms with E-state index in [-0.39, 0.29) is 5.75 Å². The van der Waals surface area contributed by atoms with Gasteiger partial charge in [-0.1, -0.05) is 18.2 Å². The number of benzene rings is 2. The van der Waals surface area contributed by atoms with E-state index in [1.165, 1.54) is 29.7 Å². The van der Waals surface area contributed by atoms with Crippen LogP contribution in [0.5, 0.6) is 5.75 Å². The molecule has 0 aliphatic carbocycles. The highest BCUT2D eigenvalue weighted by molar-refractivity contribution is 6.54. The Morgan fingerprint density at radius 3 is 2.34 bits per heavy atom. The van der Waals surface area contributed by atoms with Gasteiger partial charge in [0.15, 0.2) is 0 Å². The van der Waals surface area contributed by atoms with E-state index in [1.54, 1.807) is 23.0 Å². The molecule has 8 nitrogen and oxygen atoms in total. The number of aliphatic imine (C=N–C) groups is 1. The van der Waals surface area contributed by atoms with Gasteiger partial charge in [0.2, 0.25) is 11.6 Å². The maximum absolute atomic E-state index is 10.6. The molecular weight excluding hydrogens is 438 g/mol. The van der Waals surface area contributed by atoms with E-state index in [1.807, 2.05) is 30.3 Å². The molecule has 2 aromatic carbocycles. The number of phenolic OH excluding ortho intramolecular Hbond substituents is 1. The fraction of sp³-hybridized carbons (Fsp3) is 0.222. The van der Waals surface area contributed by atoms with Gasteiger partial charge in [0, 0.05) is 30.5 Å². The minimum absolute atomic E-state index is 0.147. The summed E-state index contributed by atoms with van der Waals surface area (Å²) in [6.45, 7) is 2.27. The average molecular weight is 462 g/mol. The molecule has 0 spiro atoms. The normalized spacial score (nSPS) is 17.3. The summed E-state index contributed by atoms with van der Waals surface area (Å²) in [4.78, 5) is 12.0. The Labute approximate surface area is 202 Å². The van der Waals surface area contributed by atoms with Gasteiger partial charge in [-0.2, -0.15) is 9.78 Å². The third-order valence-corrected chi connectivity index (χ3v) is 6.89. The minimum atomic E-state index is 0.147. The van der Waals surface area contributed by atoms with E-state index in [4.69, 9.17) is 10.1 Å². The van der Waals surface area contributed by atoms with Crippen LogP contribution in [-0.2, 0) is 12.8 Å². The van der Waals surface area contributed by atoms with Gasteiger partial charge in [0.1, 0.15) is 22.9 Å². The molecule has 35 heavy (non-hydrogen) atoms. The summed E-state index contributed by atoms with van der Waals surface area (Å²) < 4.78 is 1.67. The molecule has 0 amide bonds. The first-order chi connectivity index (χ1) is 17.3. The van der Waals surface area contributed by atoms with Crippen molar-refractivity contribution < 1.29 is 5.11 Å². The first kappa shape index (κ1) is 20.1. The molecule has 0 fully saturated rings. The van der Waals surface area contributed by atoms with Crippen molar-refractivity contribution in [3.8, 4) is 17.3 Å². The number of aromatic hydroxyl groups is 1. The number of phenols is 1. The highest BCUT2D eigenvalue weighted by Crippen LogP contribution is 2.38. The zero-order chi connectivity index (χ0) is 23.4. The van der Waals surface area contributed by atoms with Crippen LogP contribution in [0, 0.1) is 0 Å². The van der Waals surface area contributed by atoms with Crippen LogP contribution in [0.15, 0.2) is 70.9 Å². The van der Waals surface area contributed by atoms with Gasteiger partial charge in [-0.15, -0.1) is 10.2 Å². The zero-order valence-electron chi connectivity index (χ0n) is 19.1. The molecule has 4 aromatic rings. The standard InChI is InChI=1S/C27H23N7O/c35-22-11-2-1-9-20(22)23-24(27-31-30-26(34(27)32-23)21-10-3-4-12-28-21)29-19-15-17-7-5-13-33-14-6-8-18(16-19)25(17)33/h1-4,9-12,15-16,35H,5-8,13-14H2. The molecule has 8 heteroatoms. The SMILES string of the molecule is Oc1ccccc1C1=Nn2c(nnc2-c2ccccn2)C1=Nc1cc2c3c(c1)CCCN3CCC2. The second-order valence-electron chi connectivity index (χ2n) is 9.11. The molecule has 0 bridgehead atoms. The van der Waals surface area contributed by atoms with Gasteiger partial charge in [-0.25, -0.2) is 4.99 Å². The Morgan fingerprint density at radius 1 is 0.857 bits per heavy atom. The number of hydrogen-bond donors (Lipinski definition) is 1. The number of pyridine rings is 1. The Morgan fingerprint density at radius 2 is 1.60 bits per heavy atom. The fourth-order valence-corrected chi connectivity index (χ4v) is 5.37. The second kappa shape index (κ2) is 7.87. The highest BCUT2D eigenvalue weighted by Gasteiger charge is 2.32. The van der Waals surface area contributed by atoms with Crippen molar-refractivity contribution in [1.29, 1.82) is 0 Å². The number of para-hydroxylation sites is 1. The van der Waals surface area contributed by atoms with Crippen molar-refractivity contribution in [3.05, 3.63) is 83.3 Å². The second-order valence-corrected chi connectivity index (χ2v) is 9.11. The summed E-state index contributed by atoms with van der Waals surface area (Å²) in [5, 5.41) is 24.3. The summed E-state index contributed by atoms with van der Waals surface area (Å²) in [7, 11) is 0. The van der Waals surface area contributed by atoms with Gasteiger partial charge in [-0.05, 0) is 73.2 Å². The third-order valence-electron chi connectivity index (χ3n) is 6.89. The molecule has 1 N–H and O–H groups in total. The van der Waals surface area contributed by atoms with Crippen molar-refractivity contribution >= 4 is 22.8 Å². The molecule has 172 valence electrons. The quantitative estimate of drug-likeness (QED) is 0.495. The predicted octanol–water partition coefficient (Wildman–Crippen LogP) is 4.13. The Kier molecular flexibility index (Phi) is 4.51. The van der Waals surface area contributed by atoms with Gasteiger partial charge in [-0.3, -0.25) is 4.98 Å². The molecule has 2 aromatic heterocycles. The molecule has 0 radical (unpaired) electrons. The summed E-state index contributed by atoms with van der Waals surface area (Å²) >= 11 is 0. The van der Waals surface area contributed by atoms with Crippen LogP contribution in [0.2, 0.25) is 0 Å².